The van der Waals surface area contributed by atoms with Gasteiger partial charge in [0.1, 0.15) is 0 Å². The van der Waals surface area contributed by atoms with Crippen LogP contribution in [0.5, 0.6) is 0 Å². The zero-order valence-corrected chi connectivity index (χ0v) is 22.7. The van der Waals surface area contributed by atoms with E-state index in [1.165, 1.54) is 11.3 Å². The number of amides is 1. The van der Waals surface area contributed by atoms with Crippen LogP contribution in [0, 0.1) is 19.8 Å². The van der Waals surface area contributed by atoms with Gasteiger partial charge in [-0.05, 0) is 86.9 Å². The lowest BCUT2D eigenvalue weighted by Crippen LogP contribution is -2.39. The number of anilines is 1. The largest absolute Gasteiger partial charge is 0.376 e. The van der Waals surface area contributed by atoms with E-state index < -0.39 is 10.0 Å². The van der Waals surface area contributed by atoms with E-state index >= 15 is 0 Å². The van der Waals surface area contributed by atoms with Crippen LogP contribution >= 0.6 is 11.3 Å². The van der Waals surface area contributed by atoms with E-state index in [0.717, 1.165) is 47.0 Å². The lowest BCUT2D eigenvalue weighted by atomic mass is 10.0. The number of aryl methyl sites for hydroxylation is 2. The van der Waals surface area contributed by atoms with Gasteiger partial charge in [0.05, 0.1) is 27.8 Å². The molecule has 2 unspecified atom stereocenters. The first-order valence-electron chi connectivity index (χ1n) is 12.6. The summed E-state index contributed by atoms with van der Waals surface area (Å²) in [5.41, 5.74) is 3.58. The fourth-order valence-corrected chi connectivity index (χ4v) is 7.90. The van der Waals surface area contributed by atoms with E-state index in [-0.39, 0.29) is 16.9 Å². The van der Waals surface area contributed by atoms with E-state index in [4.69, 9.17) is 9.72 Å². The number of thiazole rings is 1. The van der Waals surface area contributed by atoms with Gasteiger partial charge < -0.3 is 4.74 Å². The Bertz CT molecular complexity index is 1360. The van der Waals surface area contributed by atoms with Crippen LogP contribution in [0.1, 0.15) is 54.1 Å². The van der Waals surface area contributed by atoms with Crippen molar-refractivity contribution in [1.82, 2.24) is 9.29 Å². The lowest BCUT2D eigenvalue weighted by Gasteiger charge is -2.30. The third kappa shape index (κ3) is 5.07. The summed E-state index contributed by atoms with van der Waals surface area (Å²) in [5, 5.41) is 0.637. The average molecular weight is 528 g/mol. The molecule has 3 heterocycles. The molecule has 2 aliphatic heterocycles. The monoisotopic (exact) mass is 527 g/mol. The Kier molecular flexibility index (Phi) is 7.18. The van der Waals surface area contributed by atoms with Gasteiger partial charge in [0.2, 0.25) is 10.0 Å². The number of nitrogens with zero attached hydrogens (tertiary/aromatic N) is 3. The zero-order chi connectivity index (χ0) is 25.4. The van der Waals surface area contributed by atoms with Gasteiger partial charge >= 0.3 is 0 Å². The van der Waals surface area contributed by atoms with Crippen LogP contribution in [0.25, 0.3) is 10.2 Å². The topological polar surface area (TPSA) is 79.8 Å². The van der Waals surface area contributed by atoms with E-state index in [1.54, 1.807) is 33.5 Å². The fourth-order valence-electron chi connectivity index (χ4n) is 5.15. The van der Waals surface area contributed by atoms with Crippen molar-refractivity contribution in [2.45, 2.75) is 57.5 Å². The van der Waals surface area contributed by atoms with Crippen molar-refractivity contribution < 1.29 is 17.9 Å². The second-order valence-electron chi connectivity index (χ2n) is 10.1. The molecule has 0 bridgehead atoms. The van der Waals surface area contributed by atoms with E-state index in [1.807, 2.05) is 6.92 Å². The van der Waals surface area contributed by atoms with Gasteiger partial charge in [0.15, 0.2) is 5.13 Å². The molecule has 2 aliphatic rings. The van der Waals surface area contributed by atoms with Crippen molar-refractivity contribution in [1.29, 1.82) is 0 Å². The lowest BCUT2D eigenvalue weighted by molar-refractivity contribution is 0.0917. The molecule has 0 N–H and O–H groups in total. The third-order valence-corrected chi connectivity index (χ3v) is 9.97. The average Bonchev–Trinajstić information content (AvgIpc) is 3.52. The second-order valence-corrected chi connectivity index (χ2v) is 13.1. The van der Waals surface area contributed by atoms with Crippen LogP contribution in [-0.2, 0) is 14.8 Å². The molecule has 9 heteroatoms. The molecule has 5 rings (SSSR count). The van der Waals surface area contributed by atoms with Crippen molar-refractivity contribution in [3.8, 4) is 0 Å². The first kappa shape index (κ1) is 25.3. The minimum atomic E-state index is -3.58. The number of carbonyl (C=O) groups is 1. The summed E-state index contributed by atoms with van der Waals surface area (Å²) in [6.07, 6.45) is 3.76. The van der Waals surface area contributed by atoms with Gasteiger partial charge in [-0.1, -0.05) is 24.3 Å². The summed E-state index contributed by atoms with van der Waals surface area (Å²) in [7, 11) is -3.58. The number of benzene rings is 2. The Morgan fingerprint density at radius 1 is 1.17 bits per heavy atom. The van der Waals surface area contributed by atoms with Crippen LogP contribution in [0.3, 0.4) is 0 Å². The number of ether oxygens (including phenoxy) is 1. The standard InChI is InChI=1S/C27H33N3O4S2/c1-18-6-4-12-29(16-18)36(32,33)23-10-8-21(9-11-23)26(31)30(17-22-7-5-13-34-22)27-28-25-20(3)14-19(2)15-24(25)35-27/h8-11,14-15,18,22H,4-7,12-13,16-17H2,1-3H3. The van der Waals surface area contributed by atoms with Crippen molar-refractivity contribution in [2.75, 3.05) is 31.1 Å². The minimum absolute atomic E-state index is 0.0375. The predicted molar refractivity (Wildman–Crippen MR) is 143 cm³/mol. The predicted octanol–water partition coefficient (Wildman–Crippen LogP) is 5.16. The van der Waals surface area contributed by atoms with Gasteiger partial charge in [-0.2, -0.15) is 4.31 Å². The molecule has 2 atom stereocenters. The number of hydrogen-bond acceptors (Lipinski definition) is 6. The first-order chi connectivity index (χ1) is 17.2. The second kappa shape index (κ2) is 10.2. The summed E-state index contributed by atoms with van der Waals surface area (Å²) >= 11 is 1.50. The highest BCUT2D eigenvalue weighted by molar-refractivity contribution is 7.89. The Labute approximate surface area is 217 Å². The highest BCUT2D eigenvalue weighted by atomic mass is 32.2. The highest BCUT2D eigenvalue weighted by Crippen LogP contribution is 2.33. The van der Waals surface area contributed by atoms with E-state index in [2.05, 4.69) is 26.0 Å². The molecular weight excluding hydrogens is 494 g/mol. The van der Waals surface area contributed by atoms with Crippen molar-refractivity contribution in [2.24, 2.45) is 5.92 Å². The molecule has 36 heavy (non-hydrogen) atoms. The van der Waals surface area contributed by atoms with Gasteiger partial charge in [0.25, 0.3) is 5.91 Å². The number of sulfonamides is 1. The number of hydrogen-bond donors (Lipinski definition) is 0. The number of rotatable bonds is 6. The summed E-state index contributed by atoms with van der Waals surface area (Å²) in [6, 6.07) is 10.5. The molecule has 2 aromatic carbocycles. The van der Waals surface area contributed by atoms with E-state index in [0.29, 0.717) is 42.9 Å². The molecule has 2 saturated heterocycles. The third-order valence-electron chi connectivity index (χ3n) is 7.06. The van der Waals surface area contributed by atoms with Crippen LogP contribution in [0.2, 0.25) is 0 Å². The number of piperidine rings is 1. The first-order valence-corrected chi connectivity index (χ1v) is 14.9. The minimum Gasteiger partial charge on any atom is -0.376 e. The summed E-state index contributed by atoms with van der Waals surface area (Å²) in [6.45, 7) is 8.37. The summed E-state index contributed by atoms with van der Waals surface area (Å²) in [5.74, 6) is 0.149. The van der Waals surface area contributed by atoms with Crippen LogP contribution < -0.4 is 4.90 Å². The van der Waals surface area contributed by atoms with Crippen LogP contribution in [-0.4, -0.2) is 56.0 Å². The molecule has 0 spiro atoms. The Hall–Kier alpha value is -2.33. The molecule has 3 aromatic rings. The maximum Gasteiger partial charge on any atom is 0.260 e. The van der Waals surface area contributed by atoms with Gasteiger partial charge in [0, 0.05) is 25.3 Å². The maximum absolute atomic E-state index is 13.7. The molecular formula is C27H33N3O4S2. The number of aromatic nitrogens is 1. The molecule has 7 nitrogen and oxygen atoms in total. The quantitative estimate of drug-likeness (QED) is 0.442. The van der Waals surface area contributed by atoms with Crippen molar-refractivity contribution in [3.63, 3.8) is 0 Å². The molecule has 1 amide bonds. The Morgan fingerprint density at radius 3 is 2.64 bits per heavy atom. The molecule has 2 fully saturated rings. The molecule has 1 aromatic heterocycles. The van der Waals surface area contributed by atoms with Crippen molar-refractivity contribution in [3.05, 3.63) is 53.1 Å². The van der Waals surface area contributed by atoms with Crippen LogP contribution in [0.15, 0.2) is 41.3 Å². The molecule has 0 saturated carbocycles. The molecule has 0 radical (unpaired) electrons. The Balaban J connectivity index is 1.44. The fraction of sp³-hybridized carbons (Fsp3) is 0.481. The smallest absolute Gasteiger partial charge is 0.260 e. The SMILES string of the molecule is Cc1cc(C)c2nc(N(CC3CCCO3)C(=O)c3ccc(S(=O)(=O)N4CCCC(C)C4)cc3)sc2c1. The number of carbonyl (C=O) groups excluding carboxylic acids is 1. The van der Waals surface area contributed by atoms with Gasteiger partial charge in [-0.3, -0.25) is 9.69 Å². The zero-order valence-electron chi connectivity index (χ0n) is 21.1. The number of fused-ring (bicyclic) bond motifs is 1. The summed E-state index contributed by atoms with van der Waals surface area (Å²) in [4.78, 5) is 20.5. The molecule has 192 valence electrons. The maximum atomic E-state index is 13.7. The van der Waals surface area contributed by atoms with Gasteiger partial charge in [-0.15, -0.1) is 0 Å². The van der Waals surface area contributed by atoms with Crippen LogP contribution in [0.4, 0.5) is 5.13 Å². The van der Waals surface area contributed by atoms with E-state index in [9.17, 15) is 13.2 Å². The highest BCUT2D eigenvalue weighted by Gasteiger charge is 2.30. The normalized spacial score (nSPS) is 21.2. The molecule has 0 aliphatic carbocycles. The Morgan fingerprint density at radius 2 is 1.94 bits per heavy atom. The summed E-state index contributed by atoms with van der Waals surface area (Å²) < 4.78 is 34.8. The van der Waals surface area contributed by atoms with Crippen molar-refractivity contribution >= 4 is 42.6 Å². The van der Waals surface area contributed by atoms with Gasteiger partial charge in [-0.25, -0.2) is 13.4 Å².